The molecule has 0 bridgehead atoms. The molecule has 0 amide bonds. The summed E-state index contributed by atoms with van der Waals surface area (Å²) in [6.07, 6.45) is 5.54. The van der Waals surface area contributed by atoms with Crippen molar-refractivity contribution in [3.63, 3.8) is 0 Å². The first-order valence-corrected chi connectivity index (χ1v) is 4.55. The molecule has 1 aromatic heterocycles. The highest BCUT2D eigenvalue weighted by Crippen LogP contribution is 2.36. The molecular formula is C9H15N3. The van der Waals surface area contributed by atoms with Crippen molar-refractivity contribution in [3.05, 3.63) is 17.7 Å². The quantitative estimate of drug-likeness (QED) is 0.727. The van der Waals surface area contributed by atoms with E-state index in [0.717, 1.165) is 24.8 Å². The maximum Gasteiger partial charge on any atom is 0.105 e. The molecule has 0 atom stereocenters. The SMILES string of the molecule is Cc1ncc(CCN)n1C1CC1. The van der Waals surface area contributed by atoms with Crippen LogP contribution in [0.25, 0.3) is 0 Å². The van der Waals surface area contributed by atoms with Gasteiger partial charge >= 0.3 is 0 Å². The van der Waals surface area contributed by atoms with E-state index in [9.17, 15) is 0 Å². The summed E-state index contributed by atoms with van der Waals surface area (Å²) in [5.74, 6) is 1.14. The number of rotatable bonds is 3. The van der Waals surface area contributed by atoms with Crippen molar-refractivity contribution in [3.8, 4) is 0 Å². The third-order valence-corrected chi connectivity index (χ3v) is 2.37. The van der Waals surface area contributed by atoms with Gasteiger partial charge in [0.1, 0.15) is 5.82 Å². The number of aryl methyl sites for hydroxylation is 1. The van der Waals surface area contributed by atoms with Gasteiger partial charge in [0, 0.05) is 24.4 Å². The average molecular weight is 165 g/mol. The van der Waals surface area contributed by atoms with Crippen LogP contribution in [0, 0.1) is 6.92 Å². The summed E-state index contributed by atoms with van der Waals surface area (Å²) in [6, 6.07) is 0.731. The van der Waals surface area contributed by atoms with Crippen LogP contribution in [0.2, 0.25) is 0 Å². The van der Waals surface area contributed by atoms with Crippen LogP contribution in [0.4, 0.5) is 0 Å². The van der Waals surface area contributed by atoms with Crippen LogP contribution >= 0.6 is 0 Å². The molecule has 2 N–H and O–H groups in total. The zero-order valence-corrected chi connectivity index (χ0v) is 7.45. The van der Waals surface area contributed by atoms with Crippen molar-refractivity contribution in [2.75, 3.05) is 6.54 Å². The standard InChI is InChI=1S/C9H15N3/c1-7-11-6-9(4-5-10)12(7)8-2-3-8/h6,8H,2-5,10H2,1H3. The summed E-state index contributed by atoms with van der Waals surface area (Å²) in [5, 5.41) is 0. The van der Waals surface area contributed by atoms with Crippen molar-refractivity contribution in [2.45, 2.75) is 32.2 Å². The molecule has 2 rings (SSSR count). The Hall–Kier alpha value is -0.830. The maximum absolute atomic E-state index is 5.52. The molecule has 3 heteroatoms. The lowest BCUT2D eigenvalue weighted by Crippen LogP contribution is -2.08. The van der Waals surface area contributed by atoms with Gasteiger partial charge in [0.25, 0.3) is 0 Å². The van der Waals surface area contributed by atoms with Gasteiger partial charge in [0.05, 0.1) is 0 Å². The molecule has 0 spiro atoms. The Kier molecular flexibility index (Phi) is 1.89. The van der Waals surface area contributed by atoms with Crippen molar-refractivity contribution < 1.29 is 0 Å². The van der Waals surface area contributed by atoms with Gasteiger partial charge in [-0.1, -0.05) is 0 Å². The smallest absolute Gasteiger partial charge is 0.105 e. The van der Waals surface area contributed by atoms with Gasteiger partial charge < -0.3 is 10.3 Å². The highest BCUT2D eigenvalue weighted by molar-refractivity contribution is 5.09. The molecule has 0 unspecified atom stereocenters. The third-order valence-electron chi connectivity index (χ3n) is 2.37. The van der Waals surface area contributed by atoms with E-state index >= 15 is 0 Å². The fourth-order valence-corrected chi connectivity index (χ4v) is 1.66. The lowest BCUT2D eigenvalue weighted by Gasteiger charge is -2.06. The zero-order chi connectivity index (χ0) is 8.55. The lowest BCUT2D eigenvalue weighted by atomic mass is 10.3. The van der Waals surface area contributed by atoms with Gasteiger partial charge in [-0.3, -0.25) is 0 Å². The van der Waals surface area contributed by atoms with Crippen LogP contribution in [0.15, 0.2) is 6.20 Å². The summed E-state index contributed by atoms with van der Waals surface area (Å²) < 4.78 is 2.34. The van der Waals surface area contributed by atoms with E-state index in [1.807, 2.05) is 6.20 Å². The van der Waals surface area contributed by atoms with E-state index in [1.54, 1.807) is 0 Å². The van der Waals surface area contributed by atoms with Crippen LogP contribution in [-0.2, 0) is 6.42 Å². The molecule has 1 aromatic rings. The molecule has 0 aliphatic heterocycles. The Morgan fingerprint density at radius 2 is 2.42 bits per heavy atom. The summed E-state index contributed by atoms with van der Waals surface area (Å²) in [5.41, 5.74) is 6.82. The first-order chi connectivity index (χ1) is 5.83. The van der Waals surface area contributed by atoms with E-state index in [0.29, 0.717) is 0 Å². The molecule has 3 nitrogen and oxygen atoms in total. The molecule has 0 saturated heterocycles. The van der Waals surface area contributed by atoms with Gasteiger partial charge in [-0.25, -0.2) is 4.98 Å². The zero-order valence-electron chi connectivity index (χ0n) is 7.45. The Morgan fingerprint density at radius 1 is 1.67 bits per heavy atom. The van der Waals surface area contributed by atoms with Crippen LogP contribution in [0.1, 0.15) is 30.4 Å². The molecular weight excluding hydrogens is 150 g/mol. The van der Waals surface area contributed by atoms with Crippen molar-refractivity contribution in [1.29, 1.82) is 0 Å². The Bertz CT molecular complexity index is 273. The van der Waals surface area contributed by atoms with E-state index in [-0.39, 0.29) is 0 Å². The highest BCUT2D eigenvalue weighted by Gasteiger charge is 2.26. The Labute approximate surface area is 72.6 Å². The number of hydrogen-bond donors (Lipinski definition) is 1. The predicted molar refractivity (Wildman–Crippen MR) is 48.0 cm³/mol. The second kappa shape index (κ2) is 2.90. The predicted octanol–water partition coefficient (Wildman–Crippen LogP) is 1.03. The van der Waals surface area contributed by atoms with E-state index in [2.05, 4.69) is 16.5 Å². The first-order valence-electron chi connectivity index (χ1n) is 4.55. The minimum atomic E-state index is 0.720. The number of imidazole rings is 1. The van der Waals surface area contributed by atoms with Gasteiger partial charge in [0.2, 0.25) is 0 Å². The molecule has 0 aromatic carbocycles. The van der Waals surface area contributed by atoms with Crippen LogP contribution < -0.4 is 5.73 Å². The Balaban J connectivity index is 2.27. The summed E-state index contributed by atoms with van der Waals surface area (Å²) in [7, 11) is 0. The molecule has 1 heterocycles. The van der Waals surface area contributed by atoms with E-state index in [1.165, 1.54) is 18.5 Å². The van der Waals surface area contributed by atoms with E-state index < -0.39 is 0 Å². The second-order valence-electron chi connectivity index (χ2n) is 3.44. The number of aromatic nitrogens is 2. The second-order valence-corrected chi connectivity index (χ2v) is 3.44. The molecule has 12 heavy (non-hydrogen) atoms. The third kappa shape index (κ3) is 1.25. The van der Waals surface area contributed by atoms with Gasteiger partial charge in [-0.2, -0.15) is 0 Å². The number of hydrogen-bond acceptors (Lipinski definition) is 2. The minimum absolute atomic E-state index is 0.720. The number of nitrogens with zero attached hydrogens (tertiary/aromatic N) is 2. The lowest BCUT2D eigenvalue weighted by molar-refractivity contribution is 0.667. The summed E-state index contributed by atoms with van der Waals surface area (Å²) >= 11 is 0. The molecule has 1 saturated carbocycles. The topological polar surface area (TPSA) is 43.8 Å². The van der Waals surface area contributed by atoms with Gasteiger partial charge in [-0.05, 0) is 26.3 Å². The normalized spacial score (nSPS) is 16.8. The Morgan fingerprint density at radius 3 is 3.00 bits per heavy atom. The fraction of sp³-hybridized carbons (Fsp3) is 0.667. The van der Waals surface area contributed by atoms with Crippen molar-refractivity contribution >= 4 is 0 Å². The van der Waals surface area contributed by atoms with Crippen LogP contribution in [0.5, 0.6) is 0 Å². The minimum Gasteiger partial charge on any atom is -0.330 e. The van der Waals surface area contributed by atoms with Gasteiger partial charge in [-0.15, -0.1) is 0 Å². The monoisotopic (exact) mass is 165 g/mol. The van der Waals surface area contributed by atoms with Crippen molar-refractivity contribution in [1.82, 2.24) is 9.55 Å². The number of nitrogens with two attached hydrogens (primary N) is 1. The van der Waals surface area contributed by atoms with E-state index in [4.69, 9.17) is 5.73 Å². The molecule has 1 aliphatic carbocycles. The summed E-state index contributed by atoms with van der Waals surface area (Å²) in [6.45, 7) is 2.79. The van der Waals surface area contributed by atoms with Crippen LogP contribution in [0.3, 0.4) is 0 Å². The van der Waals surface area contributed by atoms with Crippen molar-refractivity contribution in [2.24, 2.45) is 5.73 Å². The molecule has 0 radical (unpaired) electrons. The average Bonchev–Trinajstić information content (AvgIpc) is 2.80. The first kappa shape index (κ1) is 7.80. The largest absolute Gasteiger partial charge is 0.330 e. The molecule has 1 fully saturated rings. The highest BCUT2D eigenvalue weighted by atomic mass is 15.1. The molecule has 1 aliphatic rings. The fourth-order valence-electron chi connectivity index (χ4n) is 1.66. The van der Waals surface area contributed by atoms with Crippen LogP contribution in [-0.4, -0.2) is 16.1 Å². The van der Waals surface area contributed by atoms with Gasteiger partial charge in [0.15, 0.2) is 0 Å². The summed E-state index contributed by atoms with van der Waals surface area (Å²) in [4.78, 5) is 4.30. The molecule has 66 valence electrons. The maximum atomic E-state index is 5.52.